The Bertz CT molecular complexity index is 1980. The summed E-state index contributed by atoms with van der Waals surface area (Å²) in [6, 6.07) is 0. The summed E-state index contributed by atoms with van der Waals surface area (Å²) in [6.07, 6.45) is -8.12. The Morgan fingerprint density at radius 1 is 0.430 bits per heavy atom. The number of aliphatic hydroxyl groups is 12. The second-order valence-corrected chi connectivity index (χ2v) is 21.8. The van der Waals surface area contributed by atoms with Gasteiger partial charge in [0.25, 0.3) is 0 Å². The van der Waals surface area contributed by atoms with Crippen LogP contribution in [-0.2, 0) is 85.4 Å². The molecule has 5 fully saturated rings. The minimum Gasteiger partial charge on any atom is -0.508 e. The van der Waals surface area contributed by atoms with Gasteiger partial charge in [-0.1, -0.05) is 6.92 Å². The van der Waals surface area contributed by atoms with Crippen LogP contribution < -0.4 is 16.0 Å². The largest absolute Gasteiger partial charge is 0.508 e. The van der Waals surface area contributed by atoms with Gasteiger partial charge in [-0.2, -0.15) is 0 Å². The number of ether oxygens (including phenoxy) is 15. The molecule has 0 aromatic heterocycles. The van der Waals surface area contributed by atoms with E-state index in [1.54, 1.807) is 0 Å². The first-order valence-corrected chi connectivity index (χ1v) is 29.0. The molecule has 0 aromatic carbocycles. The highest BCUT2D eigenvalue weighted by molar-refractivity contribution is 5.76. The Labute approximate surface area is 496 Å². The van der Waals surface area contributed by atoms with Crippen molar-refractivity contribution >= 4 is 17.7 Å². The third-order valence-corrected chi connectivity index (χ3v) is 15.6. The standard InChI is InChI=1S/C53H91N3O30/c1-50(29-78-8-2-35(60)54-5-11-72-14-17-75-20-23-81-47-38-44(66)41(63)32(26-57)51(38,69)84-47,30-79-9-3-36(61)55-6-12-73-15-18-76-21-24-82-48-39-45(67)42(64)33(27-58)52(39,70)85-48)31-80-10-4-37(62)56-7-13-74-16-19-77-22-25-83-49-40-46(68)43(65)34(28-59)53(40,71)86-49/h32-34,38-42,44-45,47-49,57-59,63-71H,2-31H2,1H3,(H,54,60)(H,55,61)(H,56,62)/t32?,33?,34?,38?,39?,40?,41-,42-,44?,45?,47+,48+,49+,50?,51?,52?,53?/m1/s1. The van der Waals surface area contributed by atoms with Crippen LogP contribution in [0.4, 0.5) is 0 Å². The van der Waals surface area contributed by atoms with Crippen molar-refractivity contribution in [3.05, 3.63) is 11.5 Å². The fourth-order valence-corrected chi connectivity index (χ4v) is 10.8. The molecule has 2 saturated carbocycles. The molecular formula is C53H91N3O30. The first kappa shape index (κ1) is 71.8. The van der Waals surface area contributed by atoms with Gasteiger partial charge in [0.15, 0.2) is 36.2 Å². The Morgan fingerprint density at radius 3 is 1.10 bits per heavy atom. The van der Waals surface area contributed by atoms with Crippen molar-refractivity contribution in [2.24, 2.45) is 40.9 Å². The lowest BCUT2D eigenvalue weighted by Crippen LogP contribution is -2.63. The van der Waals surface area contributed by atoms with E-state index >= 15 is 0 Å². The van der Waals surface area contributed by atoms with Crippen molar-refractivity contribution in [3.8, 4) is 0 Å². The SMILES string of the molecule is CC(COCCC(=O)NCCOCCOCCO[C@H]1OC2(O)C(CO)C(O)=C(O)C12)(COCCC(=O)NCCOCCOCCO[C@H]1OC2(O)C1C(O)[C@H](O)C2CO)COCCC(=O)NCCOCCOCCO[C@H]1OC2(O)C1C(O)[C@H](O)C2CO. The van der Waals surface area contributed by atoms with Crippen LogP contribution in [0.2, 0.25) is 0 Å². The monoisotopic (exact) mass is 1250 g/mol. The molecule has 0 spiro atoms. The van der Waals surface area contributed by atoms with Gasteiger partial charge >= 0.3 is 0 Å². The molecule has 15 N–H and O–H groups in total. The van der Waals surface area contributed by atoms with Crippen molar-refractivity contribution < 1.29 is 147 Å². The average molecular weight is 1250 g/mol. The Morgan fingerprint density at radius 2 is 0.756 bits per heavy atom. The number of nitrogens with one attached hydrogen (secondary N) is 3. The molecule has 0 radical (unpaired) electrons. The Balaban J connectivity index is 0.771. The fraction of sp³-hybridized carbons (Fsp3) is 0.906. The normalized spacial score (nSPS) is 33.1. The van der Waals surface area contributed by atoms with E-state index in [2.05, 4.69) is 16.0 Å². The second-order valence-electron chi connectivity index (χ2n) is 21.8. The van der Waals surface area contributed by atoms with Crippen LogP contribution in [0.5, 0.6) is 0 Å². The summed E-state index contributed by atoms with van der Waals surface area (Å²) >= 11 is 0. The van der Waals surface area contributed by atoms with Crippen molar-refractivity contribution in [2.75, 3.05) is 178 Å². The van der Waals surface area contributed by atoms with E-state index < -0.39 is 133 Å². The molecule has 0 aromatic rings. The van der Waals surface area contributed by atoms with Gasteiger partial charge in [0.1, 0.15) is 17.4 Å². The number of rotatable bonds is 48. The summed E-state index contributed by atoms with van der Waals surface area (Å²) in [7, 11) is 0. The highest BCUT2D eigenvalue weighted by atomic mass is 16.8. The molecule has 3 amide bonds. The quantitative estimate of drug-likeness (QED) is 0.0252. The number of carbonyl (C=O) groups is 3. The van der Waals surface area contributed by atoms with Gasteiger partial charge < -0.3 is 148 Å². The lowest BCUT2D eigenvalue weighted by molar-refractivity contribution is -0.439. The van der Waals surface area contributed by atoms with E-state index in [0.29, 0.717) is 0 Å². The highest BCUT2D eigenvalue weighted by Gasteiger charge is 2.72. The summed E-state index contributed by atoms with van der Waals surface area (Å²) < 4.78 is 83.0. The second kappa shape index (κ2) is 35.4. The minimum atomic E-state index is -1.93. The van der Waals surface area contributed by atoms with E-state index in [1.165, 1.54) is 0 Å². The molecule has 33 nitrogen and oxygen atoms in total. The van der Waals surface area contributed by atoms with Crippen molar-refractivity contribution in [1.82, 2.24) is 16.0 Å². The molecule has 33 heteroatoms. The summed E-state index contributed by atoms with van der Waals surface area (Å²) in [4.78, 5) is 37.6. The molecule has 498 valence electrons. The van der Waals surface area contributed by atoms with Crippen LogP contribution >= 0.6 is 0 Å². The summed E-state index contributed by atoms with van der Waals surface area (Å²) in [5.41, 5.74) is -0.749. The van der Waals surface area contributed by atoms with Crippen LogP contribution in [-0.4, -0.2) is 318 Å². The molecular weight excluding hydrogens is 1160 g/mol. The van der Waals surface area contributed by atoms with E-state index in [0.717, 1.165) is 0 Å². The predicted octanol–water partition coefficient (Wildman–Crippen LogP) is -6.67. The van der Waals surface area contributed by atoms with Crippen molar-refractivity contribution in [3.63, 3.8) is 0 Å². The first-order chi connectivity index (χ1) is 41.3. The summed E-state index contributed by atoms with van der Waals surface area (Å²) in [5, 5.41) is 129. The lowest BCUT2D eigenvalue weighted by atomic mass is 9.88. The van der Waals surface area contributed by atoms with Gasteiger partial charge in [0.05, 0.1) is 213 Å². The van der Waals surface area contributed by atoms with Crippen LogP contribution in [0, 0.1) is 40.9 Å². The van der Waals surface area contributed by atoms with E-state index in [9.17, 15) is 75.7 Å². The van der Waals surface area contributed by atoms with Crippen LogP contribution in [0.3, 0.4) is 0 Å². The molecule has 3 aliphatic carbocycles. The van der Waals surface area contributed by atoms with Crippen LogP contribution in [0.25, 0.3) is 0 Å². The number of fused-ring (bicyclic) bond motifs is 3. The molecule has 3 aliphatic heterocycles. The molecule has 0 bridgehead atoms. The van der Waals surface area contributed by atoms with E-state index in [1.807, 2.05) is 6.92 Å². The van der Waals surface area contributed by atoms with Crippen molar-refractivity contribution in [2.45, 2.75) is 86.8 Å². The number of amides is 3. The zero-order valence-corrected chi connectivity index (χ0v) is 48.4. The summed E-state index contributed by atoms with van der Waals surface area (Å²) in [5.74, 6) is -13.6. The molecule has 16 atom stereocenters. The average Bonchev–Trinajstić information content (AvgIpc) is 1.56. The highest BCUT2D eigenvalue weighted by Crippen LogP contribution is 2.55. The maximum Gasteiger partial charge on any atom is 0.222 e. The van der Waals surface area contributed by atoms with Crippen LogP contribution in [0.1, 0.15) is 26.2 Å². The van der Waals surface area contributed by atoms with Gasteiger partial charge in [-0.3, -0.25) is 14.4 Å². The minimum absolute atomic E-state index is 0.0435. The Hall–Kier alpha value is -3.25. The zero-order chi connectivity index (χ0) is 62.3. The van der Waals surface area contributed by atoms with Gasteiger partial charge in [0.2, 0.25) is 17.7 Å². The van der Waals surface area contributed by atoms with Crippen molar-refractivity contribution in [1.29, 1.82) is 0 Å². The molecule has 86 heavy (non-hydrogen) atoms. The summed E-state index contributed by atoms with van der Waals surface area (Å²) in [6.45, 7) is 3.96. The Kier molecular flexibility index (Phi) is 29.5. The van der Waals surface area contributed by atoms with E-state index in [-0.39, 0.29) is 195 Å². The molecule has 6 aliphatic rings. The van der Waals surface area contributed by atoms with Gasteiger partial charge in [0, 0.05) is 44.3 Å². The number of carbonyl (C=O) groups excluding carboxylic acids is 3. The maximum absolute atomic E-state index is 12.5. The number of aliphatic hydroxyl groups excluding tert-OH is 9. The van der Waals surface area contributed by atoms with Gasteiger partial charge in [-0.15, -0.1) is 0 Å². The molecule has 3 saturated heterocycles. The molecule has 6 rings (SSSR count). The molecule has 11 unspecified atom stereocenters. The lowest BCUT2D eigenvalue weighted by Gasteiger charge is -2.49. The zero-order valence-electron chi connectivity index (χ0n) is 48.4. The third kappa shape index (κ3) is 18.9. The number of hydrogen-bond donors (Lipinski definition) is 15. The number of hydrogen-bond acceptors (Lipinski definition) is 30. The third-order valence-electron chi connectivity index (χ3n) is 15.6. The van der Waals surface area contributed by atoms with E-state index in [4.69, 9.17) is 71.1 Å². The fourth-order valence-electron chi connectivity index (χ4n) is 10.8. The predicted molar refractivity (Wildman–Crippen MR) is 284 cm³/mol. The topological polar surface area (TPSA) is 469 Å². The first-order valence-electron chi connectivity index (χ1n) is 29.0. The maximum atomic E-state index is 12.5. The van der Waals surface area contributed by atoms with Gasteiger partial charge in [-0.25, -0.2) is 0 Å². The smallest absolute Gasteiger partial charge is 0.222 e. The van der Waals surface area contributed by atoms with Gasteiger partial charge in [-0.05, 0) is 0 Å². The molecule has 3 heterocycles. The van der Waals surface area contributed by atoms with Crippen LogP contribution in [0.15, 0.2) is 11.5 Å².